The molecular weight excluding hydrogens is 387 g/mol. The minimum absolute atomic E-state index is 0.138. The van der Waals surface area contributed by atoms with Gasteiger partial charge in [-0.3, -0.25) is 4.79 Å². The van der Waals surface area contributed by atoms with Gasteiger partial charge in [0, 0.05) is 28.9 Å². The maximum Gasteiger partial charge on any atom is 0.406 e. The largest absolute Gasteiger partial charge is 0.406 e. The predicted octanol–water partition coefficient (Wildman–Crippen LogP) is 4.65. The van der Waals surface area contributed by atoms with Crippen LogP contribution in [0.3, 0.4) is 0 Å². The Balaban J connectivity index is 1.67. The summed E-state index contributed by atoms with van der Waals surface area (Å²) in [5.41, 5.74) is 3.30. The van der Waals surface area contributed by atoms with Crippen molar-refractivity contribution in [3.63, 3.8) is 0 Å². The smallest absolute Gasteiger partial charge is 0.352 e. The lowest BCUT2D eigenvalue weighted by atomic mass is 10.2. The van der Waals surface area contributed by atoms with Crippen molar-refractivity contribution in [1.29, 1.82) is 0 Å². The highest BCUT2D eigenvalue weighted by atomic mass is 32.1. The molecule has 0 atom stereocenters. The summed E-state index contributed by atoms with van der Waals surface area (Å²) in [7, 11) is 0. The number of carbonyl (C=O) groups excluding carboxylic acids is 1. The molecule has 1 N–H and O–H groups in total. The number of alkyl halides is 3. The fraction of sp³-hybridized carbons (Fsp3) is 0.300. The third-order valence-corrected chi connectivity index (χ3v) is 5.23. The molecule has 1 aromatic carbocycles. The highest BCUT2D eigenvalue weighted by molar-refractivity contribution is 7.10. The third kappa shape index (κ3) is 5.01. The van der Waals surface area contributed by atoms with Gasteiger partial charge in [0.1, 0.15) is 11.6 Å². The molecule has 148 valence electrons. The van der Waals surface area contributed by atoms with Gasteiger partial charge in [-0.05, 0) is 25.5 Å². The Morgan fingerprint density at radius 2 is 1.93 bits per heavy atom. The number of hydrogen-bond acceptors (Lipinski definition) is 3. The monoisotopic (exact) mass is 407 g/mol. The molecule has 28 heavy (non-hydrogen) atoms. The van der Waals surface area contributed by atoms with E-state index >= 15 is 0 Å². The van der Waals surface area contributed by atoms with E-state index < -0.39 is 12.7 Å². The first-order chi connectivity index (χ1) is 13.2. The SMILES string of the molecule is Cc1cc(-c2csc(CC(=O)NCc3ccccc3)n2)c(C)n1CC(F)(F)F. The Bertz CT molecular complexity index is 961. The number of amides is 1. The zero-order valence-corrected chi connectivity index (χ0v) is 16.3. The second-order valence-corrected chi connectivity index (χ2v) is 7.49. The van der Waals surface area contributed by atoms with Gasteiger partial charge in [0.2, 0.25) is 5.91 Å². The normalized spacial score (nSPS) is 11.6. The van der Waals surface area contributed by atoms with Crippen LogP contribution in [0, 0.1) is 13.8 Å². The van der Waals surface area contributed by atoms with Gasteiger partial charge in [-0.15, -0.1) is 11.3 Å². The molecule has 0 spiro atoms. The fourth-order valence-electron chi connectivity index (χ4n) is 3.00. The van der Waals surface area contributed by atoms with Crippen molar-refractivity contribution in [2.75, 3.05) is 0 Å². The van der Waals surface area contributed by atoms with Crippen LogP contribution in [-0.4, -0.2) is 21.6 Å². The number of hydrogen-bond donors (Lipinski definition) is 1. The first-order valence-corrected chi connectivity index (χ1v) is 9.60. The molecule has 2 aromatic heterocycles. The van der Waals surface area contributed by atoms with E-state index in [4.69, 9.17) is 0 Å². The van der Waals surface area contributed by atoms with Crippen LogP contribution >= 0.6 is 11.3 Å². The summed E-state index contributed by atoms with van der Waals surface area (Å²) in [5.74, 6) is -0.146. The number of carbonyl (C=O) groups is 1. The van der Waals surface area contributed by atoms with E-state index in [1.807, 2.05) is 30.3 Å². The molecule has 0 fully saturated rings. The summed E-state index contributed by atoms with van der Waals surface area (Å²) >= 11 is 1.33. The molecule has 0 aliphatic heterocycles. The predicted molar refractivity (Wildman–Crippen MR) is 103 cm³/mol. The molecule has 8 heteroatoms. The average molecular weight is 407 g/mol. The molecule has 0 unspecified atom stereocenters. The Labute approximate surface area is 165 Å². The molecule has 0 aliphatic rings. The minimum atomic E-state index is -4.28. The van der Waals surface area contributed by atoms with E-state index in [0.717, 1.165) is 5.56 Å². The summed E-state index contributed by atoms with van der Waals surface area (Å²) in [6.45, 7) is 2.71. The molecule has 0 saturated carbocycles. The van der Waals surface area contributed by atoms with E-state index in [9.17, 15) is 18.0 Å². The van der Waals surface area contributed by atoms with Crippen molar-refractivity contribution >= 4 is 17.2 Å². The van der Waals surface area contributed by atoms with Crippen LogP contribution in [0.2, 0.25) is 0 Å². The Morgan fingerprint density at radius 1 is 1.21 bits per heavy atom. The summed E-state index contributed by atoms with van der Waals surface area (Å²) in [4.78, 5) is 16.6. The van der Waals surface area contributed by atoms with Gasteiger partial charge in [-0.25, -0.2) is 4.98 Å². The molecule has 4 nitrogen and oxygen atoms in total. The van der Waals surface area contributed by atoms with Crippen LogP contribution in [0.25, 0.3) is 11.3 Å². The molecular formula is C20H20F3N3OS. The van der Waals surface area contributed by atoms with Gasteiger partial charge in [-0.2, -0.15) is 13.2 Å². The van der Waals surface area contributed by atoms with E-state index in [-0.39, 0.29) is 12.3 Å². The first-order valence-electron chi connectivity index (χ1n) is 8.72. The van der Waals surface area contributed by atoms with Crippen molar-refractivity contribution < 1.29 is 18.0 Å². The number of nitrogens with one attached hydrogen (secondary N) is 1. The Morgan fingerprint density at radius 3 is 2.61 bits per heavy atom. The van der Waals surface area contributed by atoms with Crippen LogP contribution in [0.15, 0.2) is 41.8 Å². The summed E-state index contributed by atoms with van der Waals surface area (Å²) in [6, 6.07) is 11.3. The standard InChI is InChI=1S/C20H20F3N3OS/c1-13-8-16(14(2)26(13)12-20(21,22)23)17-11-28-19(25-17)9-18(27)24-10-15-6-4-3-5-7-15/h3-8,11H,9-10,12H2,1-2H3,(H,24,27). The van der Waals surface area contributed by atoms with Gasteiger partial charge in [0.05, 0.1) is 12.1 Å². The topological polar surface area (TPSA) is 46.9 Å². The number of aryl methyl sites for hydroxylation is 1. The van der Waals surface area contributed by atoms with Gasteiger partial charge in [0.25, 0.3) is 0 Å². The lowest BCUT2D eigenvalue weighted by molar-refractivity contribution is -0.141. The molecule has 3 aromatic rings. The summed E-state index contributed by atoms with van der Waals surface area (Å²) in [6.07, 6.45) is -4.14. The van der Waals surface area contributed by atoms with Crippen molar-refractivity contribution in [2.45, 2.75) is 39.5 Å². The molecule has 3 rings (SSSR count). The molecule has 0 bridgehead atoms. The number of halogens is 3. The zero-order valence-electron chi connectivity index (χ0n) is 15.5. The summed E-state index contributed by atoms with van der Waals surface area (Å²) in [5, 5.41) is 5.25. The Kier molecular flexibility index (Phi) is 5.88. The van der Waals surface area contributed by atoms with Crippen LogP contribution in [0.1, 0.15) is 22.0 Å². The number of nitrogens with zero attached hydrogens (tertiary/aromatic N) is 2. The fourth-order valence-corrected chi connectivity index (χ4v) is 3.79. The second-order valence-electron chi connectivity index (χ2n) is 6.55. The highest BCUT2D eigenvalue weighted by Gasteiger charge is 2.30. The number of rotatable bonds is 6. The average Bonchev–Trinajstić information content (AvgIpc) is 3.19. The van der Waals surface area contributed by atoms with E-state index in [2.05, 4.69) is 10.3 Å². The van der Waals surface area contributed by atoms with Gasteiger partial charge < -0.3 is 9.88 Å². The molecule has 0 aliphatic carbocycles. The molecule has 1 amide bonds. The first kappa shape index (κ1) is 20.1. The maximum atomic E-state index is 12.8. The van der Waals surface area contributed by atoms with Crippen LogP contribution < -0.4 is 5.32 Å². The van der Waals surface area contributed by atoms with Gasteiger partial charge >= 0.3 is 6.18 Å². The Hall–Kier alpha value is -2.61. The van der Waals surface area contributed by atoms with Gasteiger partial charge in [0.15, 0.2) is 0 Å². The zero-order chi connectivity index (χ0) is 20.3. The van der Waals surface area contributed by atoms with Crippen LogP contribution in [0.4, 0.5) is 13.2 Å². The van der Waals surface area contributed by atoms with Crippen LogP contribution in [0.5, 0.6) is 0 Å². The van der Waals surface area contributed by atoms with Crippen molar-refractivity contribution in [2.24, 2.45) is 0 Å². The summed E-state index contributed by atoms with van der Waals surface area (Å²) < 4.78 is 39.6. The van der Waals surface area contributed by atoms with Crippen molar-refractivity contribution in [3.8, 4) is 11.3 Å². The van der Waals surface area contributed by atoms with Crippen molar-refractivity contribution in [3.05, 3.63) is 63.7 Å². The quantitative estimate of drug-likeness (QED) is 0.647. The molecule has 0 radical (unpaired) electrons. The third-order valence-electron chi connectivity index (χ3n) is 4.38. The van der Waals surface area contributed by atoms with Crippen LogP contribution in [-0.2, 0) is 24.3 Å². The van der Waals surface area contributed by atoms with E-state index in [0.29, 0.717) is 34.2 Å². The van der Waals surface area contributed by atoms with Crippen molar-refractivity contribution in [1.82, 2.24) is 14.9 Å². The highest BCUT2D eigenvalue weighted by Crippen LogP contribution is 2.30. The van der Waals surface area contributed by atoms with E-state index in [1.165, 1.54) is 15.9 Å². The lowest BCUT2D eigenvalue weighted by Gasteiger charge is -2.12. The van der Waals surface area contributed by atoms with E-state index in [1.54, 1.807) is 25.3 Å². The number of benzene rings is 1. The maximum absolute atomic E-state index is 12.8. The minimum Gasteiger partial charge on any atom is -0.352 e. The molecule has 2 heterocycles. The lowest BCUT2D eigenvalue weighted by Crippen LogP contribution is -2.24. The molecule has 0 saturated heterocycles. The number of thiazole rings is 1. The van der Waals surface area contributed by atoms with Gasteiger partial charge in [-0.1, -0.05) is 30.3 Å². The second kappa shape index (κ2) is 8.18. The number of aromatic nitrogens is 2.